The summed E-state index contributed by atoms with van der Waals surface area (Å²) in [6.07, 6.45) is 0.986. The van der Waals surface area contributed by atoms with E-state index in [1.54, 1.807) is 4.57 Å². The minimum absolute atomic E-state index is 0.00116. The first-order chi connectivity index (χ1) is 6.20. The lowest BCUT2D eigenvalue weighted by Gasteiger charge is -2.19. The van der Waals surface area contributed by atoms with Gasteiger partial charge in [-0.05, 0) is 17.7 Å². The summed E-state index contributed by atoms with van der Waals surface area (Å²) in [5, 5.41) is 0. The van der Waals surface area contributed by atoms with Gasteiger partial charge in [-0.2, -0.15) is 11.8 Å². The van der Waals surface area contributed by atoms with Gasteiger partial charge in [0.1, 0.15) is 0 Å². The first-order valence-electron chi connectivity index (χ1n) is 4.25. The van der Waals surface area contributed by atoms with Crippen molar-refractivity contribution in [2.75, 3.05) is 11.5 Å². The maximum absolute atomic E-state index is 11.4. The number of thioether (sulfide) groups is 1. The lowest BCUT2D eigenvalue weighted by Crippen LogP contribution is -2.24. The second kappa shape index (κ2) is 3.10. The molecule has 2 N–H and O–H groups in total. The minimum atomic E-state index is -0.00116. The number of pyridine rings is 1. The molecule has 1 aromatic heterocycles. The van der Waals surface area contributed by atoms with E-state index in [4.69, 9.17) is 5.73 Å². The van der Waals surface area contributed by atoms with Gasteiger partial charge in [-0.15, -0.1) is 0 Å². The highest BCUT2D eigenvalue weighted by atomic mass is 32.2. The molecule has 0 bridgehead atoms. The topological polar surface area (TPSA) is 48.0 Å². The number of nitrogens with zero attached hydrogens (tertiary/aromatic N) is 1. The molecule has 4 heteroatoms. The van der Waals surface area contributed by atoms with Crippen LogP contribution in [0.1, 0.15) is 11.3 Å². The minimum Gasteiger partial charge on any atom is -0.398 e. The Bertz CT molecular complexity index is 397. The normalized spacial score (nSPS) is 15.5. The Morgan fingerprint density at radius 2 is 2.38 bits per heavy atom. The number of rotatable bonds is 0. The van der Waals surface area contributed by atoms with Crippen LogP contribution in [0.3, 0.4) is 0 Å². The molecular formula is C9H12N2OS. The Morgan fingerprint density at radius 3 is 3.15 bits per heavy atom. The van der Waals surface area contributed by atoms with Gasteiger partial charge in [0.2, 0.25) is 0 Å². The average molecular weight is 196 g/mol. The Morgan fingerprint density at radius 1 is 1.62 bits per heavy atom. The molecule has 0 saturated carbocycles. The molecule has 1 aliphatic heterocycles. The van der Waals surface area contributed by atoms with E-state index in [-0.39, 0.29) is 5.56 Å². The van der Waals surface area contributed by atoms with Crippen molar-refractivity contribution in [1.29, 1.82) is 0 Å². The summed E-state index contributed by atoms with van der Waals surface area (Å²) in [7, 11) is 1.81. The van der Waals surface area contributed by atoms with Crippen molar-refractivity contribution in [3.63, 3.8) is 0 Å². The van der Waals surface area contributed by atoms with Crippen LogP contribution in [0.15, 0.2) is 10.9 Å². The monoisotopic (exact) mass is 196 g/mol. The largest absolute Gasteiger partial charge is 0.398 e. The molecule has 0 unspecified atom stereocenters. The van der Waals surface area contributed by atoms with E-state index in [0.29, 0.717) is 5.69 Å². The summed E-state index contributed by atoms with van der Waals surface area (Å²) in [6.45, 7) is 0. The highest BCUT2D eigenvalue weighted by Crippen LogP contribution is 2.26. The summed E-state index contributed by atoms with van der Waals surface area (Å²) in [4.78, 5) is 11.4. The fourth-order valence-electron chi connectivity index (χ4n) is 1.63. The molecule has 70 valence electrons. The van der Waals surface area contributed by atoms with Gasteiger partial charge >= 0.3 is 0 Å². The molecule has 1 aromatic rings. The Labute approximate surface area is 80.9 Å². The maximum Gasteiger partial charge on any atom is 0.252 e. The number of nitrogen functional groups attached to an aromatic ring is 1. The fraction of sp³-hybridized carbons (Fsp3) is 0.444. The summed E-state index contributed by atoms with van der Waals surface area (Å²) in [5.74, 6) is 2.02. The molecule has 2 rings (SSSR count). The van der Waals surface area contributed by atoms with Crippen LogP contribution in [-0.4, -0.2) is 10.3 Å². The first kappa shape index (κ1) is 8.69. The van der Waals surface area contributed by atoms with Crippen LogP contribution in [0.5, 0.6) is 0 Å². The van der Waals surface area contributed by atoms with Crippen molar-refractivity contribution in [3.8, 4) is 0 Å². The summed E-state index contributed by atoms with van der Waals surface area (Å²) in [6, 6.07) is 1.52. The average Bonchev–Trinajstić information content (AvgIpc) is 2.15. The van der Waals surface area contributed by atoms with Crippen molar-refractivity contribution in [3.05, 3.63) is 27.7 Å². The van der Waals surface area contributed by atoms with Gasteiger partial charge in [0.05, 0.1) is 0 Å². The third-order valence-corrected chi connectivity index (χ3v) is 3.42. The predicted octanol–water partition coefficient (Wildman–Crippen LogP) is 0.757. The van der Waals surface area contributed by atoms with E-state index in [0.717, 1.165) is 23.6 Å². The zero-order valence-electron chi connectivity index (χ0n) is 7.54. The quantitative estimate of drug-likeness (QED) is 0.666. The highest BCUT2D eigenvalue weighted by molar-refractivity contribution is 7.98. The number of anilines is 1. The molecule has 0 aliphatic carbocycles. The van der Waals surface area contributed by atoms with E-state index in [2.05, 4.69) is 0 Å². The number of aromatic nitrogens is 1. The van der Waals surface area contributed by atoms with Crippen LogP contribution in [0.25, 0.3) is 0 Å². The van der Waals surface area contributed by atoms with Gasteiger partial charge in [-0.25, -0.2) is 0 Å². The molecule has 0 aromatic carbocycles. The number of hydrogen-bond acceptors (Lipinski definition) is 3. The van der Waals surface area contributed by atoms with Crippen LogP contribution in [0.2, 0.25) is 0 Å². The van der Waals surface area contributed by atoms with Crippen LogP contribution in [-0.2, 0) is 19.2 Å². The van der Waals surface area contributed by atoms with Crippen molar-refractivity contribution in [2.45, 2.75) is 12.2 Å². The van der Waals surface area contributed by atoms with E-state index < -0.39 is 0 Å². The Kier molecular flexibility index (Phi) is 2.07. The molecule has 0 saturated heterocycles. The van der Waals surface area contributed by atoms with E-state index in [9.17, 15) is 4.79 Å². The Hall–Kier alpha value is -0.900. The number of nitrogens with two attached hydrogens (primary N) is 1. The summed E-state index contributed by atoms with van der Waals surface area (Å²) >= 11 is 1.85. The molecule has 2 heterocycles. The fourth-order valence-corrected chi connectivity index (χ4v) is 2.69. The highest BCUT2D eigenvalue weighted by Gasteiger charge is 2.15. The third kappa shape index (κ3) is 1.35. The molecule has 0 spiro atoms. The van der Waals surface area contributed by atoms with Gasteiger partial charge in [0, 0.05) is 30.2 Å². The third-order valence-electron chi connectivity index (χ3n) is 2.45. The van der Waals surface area contributed by atoms with Crippen LogP contribution in [0.4, 0.5) is 5.69 Å². The van der Waals surface area contributed by atoms with Gasteiger partial charge < -0.3 is 10.3 Å². The number of hydrogen-bond donors (Lipinski definition) is 1. The molecule has 0 amide bonds. The van der Waals surface area contributed by atoms with E-state index >= 15 is 0 Å². The van der Waals surface area contributed by atoms with Crippen LogP contribution >= 0.6 is 11.8 Å². The number of fused-ring (bicyclic) bond motifs is 1. The molecular weight excluding hydrogens is 184 g/mol. The van der Waals surface area contributed by atoms with Crippen molar-refractivity contribution < 1.29 is 0 Å². The van der Waals surface area contributed by atoms with Crippen LogP contribution < -0.4 is 11.3 Å². The summed E-state index contributed by atoms with van der Waals surface area (Å²) < 4.78 is 1.71. The lowest BCUT2D eigenvalue weighted by molar-refractivity contribution is 0.788. The standard InChI is InChI=1S/C9H12N2OS/c1-11-8-5-13-3-2-6(8)7(10)4-9(11)12/h4H,2-3,5,10H2,1H3. The molecule has 13 heavy (non-hydrogen) atoms. The van der Waals surface area contributed by atoms with Crippen molar-refractivity contribution in [2.24, 2.45) is 7.05 Å². The zero-order valence-corrected chi connectivity index (χ0v) is 8.36. The molecule has 1 aliphatic rings. The molecule has 0 fully saturated rings. The van der Waals surface area contributed by atoms with E-state index in [1.165, 1.54) is 11.6 Å². The van der Waals surface area contributed by atoms with Crippen molar-refractivity contribution >= 4 is 17.4 Å². The first-order valence-corrected chi connectivity index (χ1v) is 5.40. The molecule has 0 atom stereocenters. The van der Waals surface area contributed by atoms with Gasteiger partial charge in [-0.3, -0.25) is 4.79 Å². The smallest absolute Gasteiger partial charge is 0.252 e. The van der Waals surface area contributed by atoms with E-state index in [1.807, 2.05) is 18.8 Å². The van der Waals surface area contributed by atoms with Gasteiger partial charge in [-0.1, -0.05) is 0 Å². The molecule has 0 radical (unpaired) electrons. The Balaban J connectivity index is 2.70. The molecule has 3 nitrogen and oxygen atoms in total. The van der Waals surface area contributed by atoms with Gasteiger partial charge in [0.15, 0.2) is 0 Å². The predicted molar refractivity (Wildman–Crippen MR) is 56.0 cm³/mol. The second-order valence-corrected chi connectivity index (χ2v) is 4.33. The van der Waals surface area contributed by atoms with Crippen molar-refractivity contribution in [1.82, 2.24) is 4.57 Å². The zero-order chi connectivity index (χ0) is 9.42. The van der Waals surface area contributed by atoms with Crippen LogP contribution in [0, 0.1) is 0 Å². The maximum atomic E-state index is 11.4. The second-order valence-electron chi connectivity index (χ2n) is 3.22. The summed E-state index contributed by atoms with van der Waals surface area (Å²) in [5.41, 5.74) is 8.72. The SMILES string of the molecule is Cn1c2c(c(N)cc1=O)CCSC2. The lowest BCUT2D eigenvalue weighted by atomic mass is 10.1. The van der Waals surface area contributed by atoms with Gasteiger partial charge in [0.25, 0.3) is 5.56 Å².